The fourth-order valence-electron chi connectivity index (χ4n) is 4.34. The van der Waals surface area contributed by atoms with Crippen molar-refractivity contribution in [2.24, 2.45) is 5.92 Å². The number of aromatic hydroxyl groups is 1. The number of hydrogen-bond acceptors (Lipinski definition) is 2. The summed E-state index contributed by atoms with van der Waals surface area (Å²) in [7, 11) is 0. The summed E-state index contributed by atoms with van der Waals surface area (Å²) in [4.78, 5) is 0. The summed E-state index contributed by atoms with van der Waals surface area (Å²) in [6, 6.07) is 5.63. The van der Waals surface area contributed by atoms with Crippen LogP contribution in [0.3, 0.4) is 0 Å². The highest BCUT2D eigenvalue weighted by atomic mass is 16.5. The van der Waals surface area contributed by atoms with Crippen LogP contribution in [0.4, 0.5) is 0 Å². The maximum absolute atomic E-state index is 10.2. The molecule has 0 aromatic heterocycles. The van der Waals surface area contributed by atoms with Crippen molar-refractivity contribution >= 4 is 0 Å². The van der Waals surface area contributed by atoms with Crippen molar-refractivity contribution in [2.75, 3.05) is 6.61 Å². The van der Waals surface area contributed by atoms with Crippen LogP contribution < -0.4 is 4.74 Å². The molecular formula is C27H48O2. The van der Waals surface area contributed by atoms with Crippen LogP contribution in [0.2, 0.25) is 0 Å². The van der Waals surface area contributed by atoms with Gasteiger partial charge in [0.05, 0.1) is 6.61 Å². The number of hydrogen-bond donors (Lipinski definition) is 1. The topological polar surface area (TPSA) is 29.5 Å². The van der Waals surface area contributed by atoms with E-state index in [-0.39, 0.29) is 0 Å². The number of unbranched alkanes of at least 4 members (excludes halogenated alkanes) is 9. The lowest BCUT2D eigenvalue weighted by atomic mass is 9.89. The molecule has 0 radical (unpaired) electrons. The van der Waals surface area contributed by atoms with Crippen molar-refractivity contribution in [2.45, 2.75) is 124 Å². The van der Waals surface area contributed by atoms with Gasteiger partial charge >= 0.3 is 0 Å². The van der Waals surface area contributed by atoms with E-state index in [1.54, 1.807) is 6.07 Å². The fourth-order valence-corrected chi connectivity index (χ4v) is 4.34. The predicted molar refractivity (Wildman–Crippen MR) is 127 cm³/mol. The normalized spacial score (nSPS) is 12.2. The Bertz CT molecular complexity index is 497. The second-order valence-corrected chi connectivity index (χ2v) is 8.70. The van der Waals surface area contributed by atoms with Crippen molar-refractivity contribution in [3.63, 3.8) is 0 Å². The largest absolute Gasteiger partial charge is 0.508 e. The number of benzene rings is 1. The average Bonchev–Trinajstić information content (AvgIpc) is 2.72. The lowest BCUT2D eigenvalue weighted by Crippen LogP contribution is -2.02. The number of rotatable bonds is 19. The third-order valence-corrected chi connectivity index (χ3v) is 6.13. The zero-order valence-electron chi connectivity index (χ0n) is 19.7. The molecule has 0 saturated heterocycles. The van der Waals surface area contributed by atoms with Crippen LogP contribution in [0, 0.1) is 5.92 Å². The maximum Gasteiger partial charge on any atom is 0.126 e. The van der Waals surface area contributed by atoms with Gasteiger partial charge in [0.2, 0.25) is 0 Å². The Labute approximate surface area is 181 Å². The Hall–Kier alpha value is -1.18. The molecular weight excluding hydrogens is 356 g/mol. The molecule has 0 aliphatic heterocycles. The van der Waals surface area contributed by atoms with E-state index in [0.29, 0.717) is 12.4 Å². The van der Waals surface area contributed by atoms with Crippen LogP contribution in [0.15, 0.2) is 18.2 Å². The van der Waals surface area contributed by atoms with Gasteiger partial charge < -0.3 is 9.84 Å². The number of ether oxygens (including phenoxy) is 1. The minimum absolute atomic E-state index is 0.388. The van der Waals surface area contributed by atoms with Gasteiger partial charge in [-0.25, -0.2) is 0 Å². The molecule has 0 amide bonds. The Balaban J connectivity index is 2.34. The standard InChI is InChI=1S/C27H48O2/c1-4-7-9-10-11-12-14-19-24(18-13-8-5-2)20-15-16-21-25-26(28)22-17-23-27(25)29-6-3/h17,22-24,28H,4-16,18-21H2,1-3H3. The van der Waals surface area contributed by atoms with E-state index in [9.17, 15) is 5.11 Å². The Morgan fingerprint density at radius 3 is 1.93 bits per heavy atom. The van der Waals surface area contributed by atoms with Crippen LogP contribution in [0.1, 0.15) is 123 Å². The molecule has 0 bridgehead atoms. The maximum atomic E-state index is 10.2. The number of phenolic OH excluding ortho intramolecular Hbond substituents is 1. The van der Waals surface area contributed by atoms with Crippen molar-refractivity contribution in [1.29, 1.82) is 0 Å². The summed E-state index contributed by atoms with van der Waals surface area (Å²) in [6.45, 7) is 7.23. The van der Waals surface area contributed by atoms with Crippen LogP contribution in [0.25, 0.3) is 0 Å². The van der Waals surface area contributed by atoms with E-state index in [1.165, 1.54) is 89.9 Å². The van der Waals surface area contributed by atoms with Crippen LogP contribution in [-0.2, 0) is 6.42 Å². The Morgan fingerprint density at radius 1 is 0.724 bits per heavy atom. The van der Waals surface area contributed by atoms with E-state index in [2.05, 4.69) is 13.8 Å². The minimum atomic E-state index is 0.388. The minimum Gasteiger partial charge on any atom is -0.508 e. The van der Waals surface area contributed by atoms with Crippen LogP contribution in [-0.4, -0.2) is 11.7 Å². The molecule has 0 aliphatic rings. The highest BCUT2D eigenvalue weighted by molar-refractivity contribution is 5.43. The molecule has 2 nitrogen and oxygen atoms in total. The first-order valence-corrected chi connectivity index (χ1v) is 12.7. The van der Waals surface area contributed by atoms with Gasteiger partial charge in [0.15, 0.2) is 0 Å². The fraction of sp³-hybridized carbons (Fsp3) is 0.778. The number of phenols is 1. The molecule has 1 atom stereocenters. The molecule has 0 aliphatic carbocycles. The van der Waals surface area contributed by atoms with E-state index >= 15 is 0 Å². The van der Waals surface area contributed by atoms with E-state index < -0.39 is 0 Å². The lowest BCUT2D eigenvalue weighted by molar-refractivity contribution is 0.331. The molecule has 2 heteroatoms. The molecule has 168 valence electrons. The third-order valence-electron chi connectivity index (χ3n) is 6.13. The molecule has 0 heterocycles. The van der Waals surface area contributed by atoms with Gasteiger partial charge in [0, 0.05) is 5.56 Å². The highest BCUT2D eigenvalue weighted by Crippen LogP contribution is 2.30. The first-order chi connectivity index (χ1) is 14.2. The summed E-state index contributed by atoms with van der Waals surface area (Å²) >= 11 is 0. The molecule has 29 heavy (non-hydrogen) atoms. The van der Waals surface area contributed by atoms with Gasteiger partial charge in [0.1, 0.15) is 11.5 Å². The summed E-state index contributed by atoms with van der Waals surface area (Å²) in [5.41, 5.74) is 0.990. The molecule has 1 unspecified atom stereocenters. The van der Waals surface area contributed by atoms with Crippen molar-refractivity contribution < 1.29 is 9.84 Å². The Kier molecular flexibility index (Phi) is 15.7. The third kappa shape index (κ3) is 12.2. The van der Waals surface area contributed by atoms with Gasteiger partial charge in [-0.1, -0.05) is 110 Å². The molecule has 1 aromatic rings. The van der Waals surface area contributed by atoms with E-state index in [1.807, 2.05) is 19.1 Å². The van der Waals surface area contributed by atoms with Gasteiger partial charge in [0.25, 0.3) is 0 Å². The SMILES string of the molecule is CCCCCCCCCC(CCCCC)CCCCc1c(O)cccc1OCC. The molecule has 0 saturated carbocycles. The quantitative estimate of drug-likeness (QED) is 0.233. The first-order valence-electron chi connectivity index (χ1n) is 12.7. The van der Waals surface area contributed by atoms with Crippen molar-refractivity contribution in [3.05, 3.63) is 23.8 Å². The van der Waals surface area contributed by atoms with Crippen LogP contribution >= 0.6 is 0 Å². The van der Waals surface area contributed by atoms with Crippen molar-refractivity contribution in [3.8, 4) is 11.5 Å². The molecule has 1 rings (SSSR count). The van der Waals surface area contributed by atoms with Gasteiger partial charge in [-0.2, -0.15) is 0 Å². The van der Waals surface area contributed by atoms with Gasteiger partial charge in [-0.05, 0) is 37.8 Å². The zero-order valence-corrected chi connectivity index (χ0v) is 19.7. The second kappa shape index (κ2) is 17.7. The van der Waals surface area contributed by atoms with Gasteiger partial charge in [-0.3, -0.25) is 0 Å². The summed E-state index contributed by atoms with van der Waals surface area (Å²) in [5.74, 6) is 2.14. The molecule has 1 aromatic carbocycles. The lowest BCUT2D eigenvalue weighted by Gasteiger charge is -2.17. The Morgan fingerprint density at radius 2 is 1.28 bits per heavy atom. The van der Waals surface area contributed by atoms with Gasteiger partial charge in [-0.15, -0.1) is 0 Å². The predicted octanol–water partition coefficient (Wildman–Crippen LogP) is 8.84. The summed E-state index contributed by atoms with van der Waals surface area (Å²) in [5, 5.41) is 10.2. The second-order valence-electron chi connectivity index (χ2n) is 8.70. The molecule has 0 spiro atoms. The van der Waals surface area contributed by atoms with Crippen LogP contribution in [0.5, 0.6) is 11.5 Å². The summed E-state index contributed by atoms with van der Waals surface area (Å²) < 4.78 is 5.70. The zero-order chi connectivity index (χ0) is 21.2. The molecule has 1 N–H and O–H groups in total. The average molecular weight is 405 g/mol. The summed E-state index contributed by atoms with van der Waals surface area (Å²) in [6.07, 6.45) is 21.4. The van der Waals surface area contributed by atoms with Crippen molar-refractivity contribution in [1.82, 2.24) is 0 Å². The monoisotopic (exact) mass is 404 g/mol. The van der Waals surface area contributed by atoms with E-state index in [0.717, 1.165) is 30.1 Å². The first kappa shape index (κ1) is 25.9. The van der Waals surface area contributed by atoms with E-state index in [4.69, 9.17) is 4.74 Å². The smallest absolute Gasteiger partial charge is 0.126 e. The molecule has 0 fully saturated rings. The highest BCUT2D eigenvalue weighted by Gasteiger charge is 2.11.